The summed E-state index contributed by atoms with van der Waals surface area (Å²) < 4.78 is 5.56. The van der Waals surface area contributed by atoms with Gasteiger partial charge in [0.15, 0.2) is 0 Å². The van der Waals surface area contributed by atoms with Crippen LogP contribution >= 0.6 is 11.8 Å². The number of carbonyl (C=O) groups excluding carboxylic acids is 1. The number of ether oxygens (including phenoxy) is 1. The van der Waals surface area contributed by atoms with Crippen molar-refractivity contribution in [3.05, 3.63) is 48.0 Å². The maximum atomic E-state index is 12.8. The molecule has 0 aliphatic carbocycles. The second kappa shape index (κ2) is 5.64. The number of amides is 1. The number of hydrogen-bond acceptors (Lipinski definition) is 4. The van der Waals surface area contributed by atoms with Gasteiger partial charge in [0, 0.05) is 9.79 Å². The summed E-state index contributed by atoms with van der Waals surface area (Å²) in [7, 11) is 0. The molecule has 0 N–H and O–H groups in total. The molecule has 0 saturated heterocycles. The monoisotopic (exact) mass is 324 g/mol. The minimum absolute atomic E-state index is 0.443. The van der Waals surface area contributed by atoms with Crippen LogP contribution in [-0.2, 0) is 4.74 Å². The first-order chi connectivity index (χ1) is 10.9. The molecule has 1 aliphatic heterocycles. The van der Waals surface area contributed by atoms with Gasteiger partial charge in [0.05, 0.1) is 23.0 Å². The van der Waals surface area contributed by atoms with Crippen LogP contribution < -0.4 is 4.90 Å². The van der Waals surface area contributed by atoms with E-state index >= 15 is 0 Å². The largest absolute Gasteiger partial charge is 0.443 e. The van der Waals surface area contributed by atoms with Crippen LogP contribution in [0.25, 0.3) is 0 Å². The highest BCUT2D eigenvalue weighted by molar-refractivity contribution is 7.99. The SMILES string of the molecule is CC(C)(C)OC(=O)N1c2ccccc2Sc2ccc(C#N)cc21. The number of fused-ring (bicyclic) bond motifs is 2. The first kappa shape index (κ1) is 15.4. The molecule has 2 aromatic carbocycles. The van der Waals surface area contributed by atoms with Gasteiger partial charge in [-0.25, -0.2) is 9.69 Å². The molecule has 116 valence electrons. The molecule has 1 aliphatic rings. The van der Waals surface area contributed by atoms with Crippen molar-refractivity contribution in [2.24, 2.45) is 0 Å². The standard InChI is InChI=1S/C18H16N2O2S/c1-18(2,3)22-17(21)20-13-6-4-5-7-15(13)23-16-9-8-12(11-19)10-14(16)20/h4-10H,1-3H3. The molecule has 0 unspecified atom stereocenters. The fourth-order valence-electron chi connectivity index (χ4n) is 2.33. The zero-order valence-electron chi connectivity index (χ0n) is 13.2. The molecule has 0 aromatic heterocycles. The number of hydrogen-bond donors (Lipinski definition) is 0. The minimum Gasteiger partial charge on any atom is -0.443 e. The van der Waals surface area contributed by atoms with Crippen LogP contribution in [0, 0.1) is 11.3 Å². The smallest absolute Gasteiger partial charge is 0.419 e. The van der Waals surface area contributed by atoms with Gasteiger partial charge in [0.2, 0.25) is 0 Å². The van der Waals surface area contributed by atoms with Crippen LogP contribution in [0.4, 0.5) is 16.2 Å². The third-order valence-corrected chi connectivity index (χ3v) is 4.36. The van der Waals surface area contributed by atoms with Gasteiger partial charge in [-0.3, -0.25) is 0 Å². The molecule has 0 bridgehead atoms. The highest BCUT2D eigenvalue weighted by Crippen LogP contribution is 2.48. The quantitative estimate of drug-likeness (QED) is 0.677. The zero-order chi connectivity index (χ0) is 16.6. The Morgan fingerprint density at radius 3 is 2.52 bits per heavy atom. The Kier molecular flexibility index (Phi) is 3.78. The van der Waals surface area contributed by atoms with Crippen LogP contribution in [0.2, 0.25) is 0 Å². The van der Waals surface area contributed by atoms with E-state index in [-0.39, 0.29) is 0 Å². The lowest BCUT2D eigenvalue weighted by atomic mass is 10.1. The summed E-state index contributed by atoms with van der Waals surface area (Å²) in [5.74, 6) is 0. The van der Waals surface area contributed by atoms with Crippen LogP contribution in [0.15, 0.2) is 52.3 Å². The van der Waals surface area contributed by atoms with E-state index < -0.39 is 11.7 Å². The Morgan fingerprint density at radius 1 is 1.13 bits per heavy atom. The van der Waals surface area contributed by atoms with Crippen molar-refractivity contribution in [1.29, 1.82) is 5.26 Å². The van der Waals surface area contributed by atoms with E-state index in [1.165, 1.54) is 0 Å². The number of anilines is 2. The highest BCUT2D eigenvalue weighted by Gasteiger charge is 2.31. The van der Waals surface area contributed by atoms with Crippen molar-refractivity contribution in [3.8, 4) is 6.07 Å². The average Bonchev–Trinajstić information content (AvgIpc) is 2.50. The van der Waals surface area contributed by atoms with Crippen LogP contribution in [0.1, 0.15) is 26.3 Å². The molecule has 0 spiro atoms. The topological polar surface area (TPSA) is 53.3 Å². The molecule has 1 amide bonds. The molecule has 0 radical (unpaired) electrons. The predicted molar refractivity (Wildman–Crippen MR) is 90.1 cm³/mol. The fourth-order valence-corrected chi connectivity index (χ4v) is 3.37. The summed E-state index contributed by atoms with van der Waals surface area (Å²) in [6.45, 7) is 5.51. The summed E-state index contributed by atoms with van der Waals surface area (Å²) in [5, 5.41) is 9.15. The van der Waals surface area contributed by atoms with Crippen molar-refractivity contribution < 1.29 is 9.53 Å². The second-order valence-corrected chi connectivity index (χ2v) is 7.26. The lowest BCUT2D eigenvalue weighted by molar-refractivity contribution is 0.0597. The summed E-state index contributed by atoms with van der Waals surface area (Å²) in [6.07, 6.45) is -0.443. The lowest BCUT2D eigenvalue weighted by Gasteiger charge is -2.32. The Morgan fingerprint density at radius 2 is 1.83 bits per heavy atom. The number of carbonyl (C=O) groups is 1. The number of nitrogens with zero attached hydrogens (tertiary/aromatic N) is 2. The van der Waals surface area contributed by atoms with Gasteiger partial charge in [-0.05, 0) is 51.1 Å². The average molecular weight is 324 g/mol. The third kappa shape index (κ3) is 3.03. The summed E-state index contributed by atoms with van der Waals surface area (Å²) >= 11 is 1.58. The van der Waals surface area contributed by atoms with E-state index in [2.05, 4.69) is 6.07 Å². The van der Waals surface area contributed by atoms with E-state index in [1.54, 1.807) is 28.8 Å². The van der Waals surface area contributed by atoms with E-state index in [4.69, 9.17) is 10.00 Å². The normalized spacial score (nSPS) is 12.9. The second-order valence-electron chi connectivity index (χ2n) is 6.18. The van der Waals surface area contributed by atoms with E-state index in [0.717, 1.165) is 15.5 Å². The van der Waals surface area contributed by atoms with Gasteiger partial charge >= 0.3 is 6.09 Å². The maximum Gasteiger partial charge on any atom is 0.419 e. The number of rotatable bonds is 0. The van der Waals surface area contributed by atoms with Crippen LogP contribution in [0.5, 0.6) is 0 Å². The molecule has 0 saturated carbocycles. The Labute approximate surface area is 139 Å². The Balaban J connectivity index is 2.13. The molecular weight excluding hydrogens is 308 g/mol. The summed E-state index contributed by atoms with van der Waals surface area (Å²) in [6, 6.07) is 15.1. The molecular formula is C18H16N2O2S. The highest BCUT2D eigenvalue weighted by atomic mass is 32.2. The lowest BCUT2D eigenvalue weighted by Crippen LogP contribution is -2.35. The molecule has 4 nitrogen and oxygen atoms in total. The van der Waals surface area contributed by atoms with Crippen LogP contribution in [-0.4, -0.2) is 11.7 Å². The van der Waals surface area contributed by atoms with Gasteiger partial charge in [0.1, 0.15) is 5.60 Å². The Bertz CT molecular complexity index is 819. The van der Waals surface area contributed by atoms with Gasteiger partial charge in [0.25, 0.3) is 0 Å². The minimum atomic E-state index is -0.594. The zero-order valence-corrected chi connectivity index (χ0v) is 14.0. The van der Waals surface area contributed by atoms with Gasteiger partial charge in [-0.1, -0.05) is 23.9 Å². The number of nitriles is 1. The third-order valence-electron chi connectivity index (χ3n) is 3.23. The van der Waals surface area contributed by atoms with Crippen molar-refractivity contribution in [3.63, 3.8) is 0 Å². The van der Waals surface area contributed by atoms with Crippen molar-refractivity contribution in [2.45, 2.75) is 36.2 Å². The molecule has 2 aromatic rings. The summed E-state index contributed by atoms with van der Waals surface area (Å²) in [5.41, 5.74) is 1.37. The Hall–Kier alpha value is -2.45. The first-order valence-corrected chi connectivity index (χ1v) is 8.05. The maximum absolute atomic E-state index is 12.8. The number of para-hydroxylation sites is 1. The van der Waals surface area contributed by atoms with Crippen molar-refractivity contribution in [2.75, 3.05) is 4.90 Å². The molecule has 0 fully saturated rings. The van der Waals surface area contributed by atoms with Gasteiger partial charge < -0.3 is 4.74 Å². The molecule has 3 rings (SSSR count). The van der Waals surface area contributed by atoms with Crippen LogP contribution in [0.3, 0.4) is 0 Å². The van der Waals surface area contributed by atoms with Crippen molar-refractivity contribution in [1.82, 2.24) is 0 Å². The first-order valence-electron chi connectivity index (χ1n) is 7.23. The summed E-state index contributed by atoms with van der Waals surface area (Å²) in [4.78, 5) is 16.2. The van der Waals surface area contributed by atoms with E-state index in [9.17, 15) is 4.79 Å². The molecule has 1 heterocycles. The van der Waals surface area contributed by atoms with E-state index in [0.29, 0.717) is 11.3 Å². The predicted octanol–water partition coefficient (Wildman–Crippen LogP) is 5.10. The molecule has 0 atom stereocenters. The van der Waals surface area contributed by atoms with E-state index in [1.807, 2.05) is 51.1 Å². The van der Waals surface area contributed by atoms with Gasteiger partial charge in [-0.2, -0.15) is 5.26 Å². The van der Waals surface area contributed by atoms with Gasteiger partial charge in [-0.15, -0.1) is 0 Å². The molecule has 23 heavy (non-hydrogen) atoms. The van der Waals surface area contributed by atoms with Crippen molar-refractivity contribution >= 4 is 29.2 Å². The number of benzene rings is 2. The molecule has 5 heteroatoms. The fraction of sp³-hybridized carbons (Fsp3) is 0.222.